The van der Waals surface area contributed by atoms with Gasteiger partial charge in [0.15, 0.2) is 0 Å². The summed E-state index contributed by atoms with van der Waals surface area (Å²) in [5, 5.41) is 1.92. The van der Waals surface area contributed by atoms with Crippen molar-refractivity contribution in [2.24, 2.45) is 5.73 Å². The highest BCUT2D eigenvalue weighted by Gasteiger charge is 2.24. The maximum Gasteiger partial charge on any atom is 0.259 e. The van der Waals surface area contributed by atoms with Crippen LogP contribution < -0.4 is 5.73 Å². The molecule has 0 bridgehead atoms. The van der Waals surface area contributed by atoms with Crippen LogP contribution >= 0.6 is 11.3 Å². The molecule has 1 rings (SSSR count). The van der Waals surface area contributed by atoms with Crippen molar-refractivity contribution < 1.29 is 4.79 Å². The van der Waals surface area contributed by atoms with E-state index in [-0.39, 0.29) is 11.3 Å². The van der Waals surface area contributed by atoms with E-state index in [4.69, 9.17) is 5.73 Å². The van der Waals surface area contributed by atoms with Crippen LogP contribution in [0.4, 0.5) is 0 Å². The number of nitrogens with two attached hydrogens (primary N) is 1. The lowest BCUT2D eigenvalue weighted by atomic mass is 9.82. The van der Waals surface area contributed by atoms with Gasteiger partial charge in [-0.05, 0) is 28.8 Å². The zero-order valence-electron chi connectivity index (χ0n) is 8.26. The molecule has 0 aliphatic rings. The number of amides is 1. The topological polar surface area (TPSA) is 43.1 Å². The Morgan fingerprint density at radius 3 is 2.69 bits per heavy atom. The molecule has 0 fully saturated rings. The zero-order chi connectivity index (χ0) is 10.1. The van der Waals surface area contributed by atoms with Crippen molar-refractivity contribution in [3.05, 3.63) is 21.9 Å². The molecule has 2 N–H and O–H groups in total. The van der Waals surface area contributed by atoms with E-state index in [0.29, 0.717) is 4.88 Å². The van der Waals surface area contributed by atoms with Crippen LogP contribution in [-0.2, 0) is 5.41 Å². The molecular weight excluding hydrogens is 182 g/mol. The van der Waals surface area contributed by atoms with Gasteiger partial charge in [-0.25, -0.2) is 0 Å². The molecule has 13 heavy (non-hydrogen) atoms. The lowest BCUT2D eigenvalue weighted by Gasteiger charge is -2.22. The summed E-state index contributed by atoms with van der Waals surface area (Å²) in [6, 6.07) is 1.99. The van der Waals surface area contributed by atoms with Crippen LogP contribution in [0.15, 0.2) is 11.4 Å². The quantitative estimate of drug-likeness (QED) is 0.795. The Morgan fingerprint density at radius 1 is 1.62 bits per heavy atom. The Kier molecular flexibility index (Phi) is 2.76. The zero-order valence-corrected chi connectivity index (χ0v) is 9.07. The molecule has 1 amide bonds. The monoisotopic (exact) mass is 197 g/mol. The van der Waals surface area contributed by atoms with Crippen LogP contribution in [0, 0.1) is 0 Å². The number of carbonyl (C=O) groups excluding carboxylic acids is 1. The number of hydrogen-bond acceptors (Lipinski definition) is 2. The van der Waals surface area contributed by atoms with Crippen LogP contribution in [0.5, 0.6) is 0 Å². The second-order valence-corrected chi connectivity index (χ2v) is 4.68. The van der Waals surface area contributed by atoms with Crippen molar-refractivity contribution in [2.45, 2.75) is 32.6 Å². The van der Waals surface area contributed by atoms with Crippen molar-refractivity contribution in [2.75, 3.05) is 0 Å². The maximum absolute atomic E-state index is 11.1. The minimum absolute atomic E-state index is 0.0460. The Morgan fingerprint density at radius 2 is 2.23 bits per heavy atom. The van der Waals surface area contributed by atoms with E-state index in [1.54, 1.807) is 0 Å². The van der Waals surface area contributed by atoms with Gasteiger partial charge in [0.2, 0.25) is 0 Å². The number of carbonyl (C=O) groups is 1. The van der Waals surface area contributed by atoms with E-state index in [9.17, 15) is 4.79 Å². The molecule has 3 heteroatoms. The molecule has 0 aliphatic heterocycles. The maximum atomic E-state index is 11.1. The molecule has 0 aromatic carbocycles. The van der Waals surface area contributed by atoms with Crippen LogP contribution in [0.1, 0.15) is 42.4 Å². The average molecular weight is 197 g/mol. The summed E-state index contributed by atoms with van der Waals surface area (Å²) in [6.07, 6.45) is 1.00. The fourth-order valence-corrected chi connectivity index (χ4v) is 2.15. The summed E-state index contributed by atoms with van der Waals surface area (Å²) in [6.45, 7) is 6.37. The smallest absolute Gasteiger partial charge is 0.259 e. The minimum Gasteiger partial charge on any atom is -0.365 e. The van der Waals surface area contributed by atoms with Gasteiger partial charge in [-0.2, -0.15) is 0 Å². The fraction of sp³-hybridized carbons (Fsp3) is 0.500. The SMILES string of the molecule is CCC(C)(C)c1ccsc1C(N)=O. The summed E-state index contributed by atoms with van der Waals surface area (Å²) in [5.74, 6) is -0.313. The molecule has 0 radical (unpaired) electrons. The second-order valence-electron chi connectivity index (χ2n) is 3.77. The van der Waals surface area contributed by atoms with Crippen molar-refractivity contribution >= 4 is 17.2 Å². The molecule has 72 valence electrons. The second kappa shape index (κ2) is 3.50. The van der Waals surface area contributed by atoms with Gasteiger partial charge in [-0.1, -0.05) is 20.8 Å². The Bertz CT molecular complexity index is 314. The average Bonchev–Trinajstić information content (AvgIpc) is 2.52. The molecule has 0 saturated heterocycles. The van der Waals surface area contributed by atoms with Gasteiger partial charge in [0, 0.05) is 0 Å². The van der Waals surface area contributed by atoms with E-state index < -0.39 is 0 Å². The highest BCUT2D eigenvalue weighted by molar-refractivity contribution is 7.12. The van der Waals surface area contributed by atoms with Crippen LogP contribution in [0.2, 0.25) is 0 Å². The van der Waals surface area contributed by atoms with Crippen molar-refractivity contribution in [3.8, 4) is 0 Å². The van der Waals surface area contributed by atoms with Gasteiger partial charge in [0.25, 0.3) is 5.91 Å². The highest BCUT2D eigenvalue weighted by Crippen LogP contribution is 2.32. The number of rotatable bonds is 3. The standard InChI is InChI=1S/C10H15NOS/c1-4-10(2,3)7-5-6-13-8(7)9(11)12/h5-6H,4H2,1-3H3,(H2,11,12). The molecule has 0 unspecified atom stereocenters. The first-order chi connectivity index (χ1) is 5.99. The third kappa shape index (κ3) is 1.91. The summed E-state index contributed by atoms with van der Waals surface area (Å²) in [7, 11) is 0. The number of hydrogen-bond donors (Lipinski definition) is 1. The summed E-state index contributed by atoms with van der Waals surface area (Å²) >= 11 is 1.43. The summed E-state index contributed by atoms with van der Waals surface area (Å²) in [4.78, 5) is 11.8. The van der Waals surface area contributed by atoms with Gasteiger partial charge in [-0.3, -0.25) is 4.79 Å². The van der Waals surface area contributed by atoms with Gasteiger partial charge in [-0.15, -0.1) is 11.3 Å². The first-order valence-corrected chi connectivity index (χ1v) is 5.24. The lowest BCUT2D eigenvalue weighted by molar-refractivity contribution is 0.100. The molecule has 0 spiro atoms. The Labute approximate surface area is 82.8 Å². The van der Waals surface area contributed by atoms with E-state index in [2.05, 4.69) is 20.8 Å². The van der Waals surface area contributed by atoms with E-state index >= 15 is 0 Å². The van der Waals surface area contributed by atoms with Gasteiger partial charge in [0.1, 0.15) is 0 Å². The van der Waals surface area contributed by atoms with E-state index in [0.717, 1.165) is 12.0 Å². The van der Waals surface area contributed by atoms with Gasteiger partial charge < -0.3 is 5.73 Å². The predicted octanol–water partition coefficient (Wildman–Crippen LogP) is 2.53. The molecule has 2 nitrogen and oxygen atoms in total. The normalized spacial score (nSPS) is 11.6. The Hall–Kier alpha value is -0.830. The van der Waals surface area contributed by atoms with Crippen molar-refractivity contribution in [3.63, 3.8) is 0 Å². The van der Waals surface area contributed by atoms with E-state index in [1.807, 2.05) is 11.4 Å². The van der Waals surface area contributed by atoms with Crippen LogP contribution in [0.3, 0.4) is 0 Å². The molecule has 0 atom stereocenters. The van der Waals surface area contributed by atoms with Crippen molar-refractivity contribution in [1.29, 1.82) is 0 Å². The predicted molar refractivity (Wildman–Crippen MR) is 56.2 cm³/mol. The fourth-order valence-electron chi connectivity index (χ4n) is 1.22. The third-order valence-corrected chi connectivity index (χ3v) is 3.43. The summed E-state index contributed by atoms with van der Waals surface area (Å²) in [5.41, 5.74) is 6.40. The van der Waals surface area contributed by atoms with Crippen LogP contribution in [0.25, 0.3) is 0 Å². The minimum atomic E-state index is -0.313. The molecule has 0 saturated carbocycles. The van der Waals surface area contributed by atoms with Gasteiger partial charge >= 0.3 is 0 Å². The third-order valence-electron chi connectivity index (χ3n) is 2.50. The first-order valence-electron chi connectivity index (χ1n) is 4.37. The number of thiophene rings is 1. The molecular formula is C10H15NOS. The van der Waals surface area contributed by atoms with Crippen molar-refractivity contribution in [1.82, 2.24) is 0 Å². The molecule has 0 aliphatic carbocycles. The van der Waals surface area contributed by atoms with Gasteiger partial charge in [0.05, 0.1) is 4.88 Å². The Balaban J connectivity index is 3.14. The molecule has 1 aromatic heterocycles. The highest BCUT2D eigenvalue weighted by atomic mass is 32.1. The lowest BCUT2D eigenvalue weighted by Crippen LogP contribution is -2.20. The first kappa shape index (κ1) is 10.3. The van der Waals surface area contributed by atoms with Crippen LogP contribution in [-0.4, -0.2) is 5.91 Å². The molecule has 1 heterocycles. The number of primary amides is 1. The molecule has 1 aromatic rings. The van der Waals surface area contributed by atoms with E-state index in [1.165, 1.54) is 11.3 Å². The largest absolute Gasteiger partial charge is 0.365 e. The summed E-state index contributed by atoms with van der Waals surface area (Å²) < 4.78 is 0.